The molecule has 3 nitrogen and oxygen atoms in total. The van der Waals surface area contributed by atoms with Gasteiger partial charge in [0.25, 0.3) is 0 Å². The number of carbonyl (C=O) groups excluding carboxylic acids is 1. The van der Waals surface area contributed by atoms with Gasteiger partial charge in [0.05, 0.1) is 6.42 Å². The summed E-state index contributed by atoms with van der Waals surface area (Å²) in [4.78, 5) is 12.1. The van der Waals surface area contributed by atoms with Gasteiger partial charge in [-0.05, 0) is 42.0 Å². The number of furan rings is 1. The summed E-state index contributed by atoms with van der Waals surface area (Å²) >= 11 is 0. The monoisotopic (exact) mass is 327 g/mol. The molecule has 1 amide bonds. The first-order valence-corrected chi connectivity index (χ1v) is 8.21. The zero-order chi connectivity index (χ0) is 17.1. The van der Waals surface area contributed by atoms with E-state index in [2.05, 4.69) is 5.32 Å². The Hall–Kier alpha value is -3.33. The molecule has 0 atom stereocenters. The number of benzene rings is 3. The topological polar surface area (TPSA) is 42.2 Å². The van der Waals surface area contributed by atoms with Crippen molar-refractivity contribution in [1.29, 1.82) is 0 Å². The highest BCUT2D eigenvalue weighted by molar-refractivity contribution is 5.92. The maximum absolute atomic E-state index is 12.1. The highest BCUT2D eigenvalue weighted by atomic mass is 16.3. The number of amides is 1. The summed E-state index contributed by atoms with van der Waals surface area (Å²) in [5, 5.41) is 4.01. The highest BCUT2D eigenvalue weighted by Gasteiger charge is 2.07. The van der Waals surface area contributed by atoms with Gasteiger partial charge in [-0.3, -0.25) is 4.79 Å². The lowest BCUT2D eigenvalue weighted by molar-refractivity contribution is -0.115. The Morgan fingerprint density at radius 2 is 1.56 bits per heavy atom. The average Bonchev–Trinajstić information content (AvgIpc) is 3.07. The molecular formula is C22H17NO2. The van der Waals surface area contributed by atoms with E-state index in [0.717, 1.165) is 33.5 Å². The second kappa shape index (κ2) is 6.65. The molecule has 3 heteroatoms. The molecular weight excluding hydrogens is 310 g/mol. The molecule has 0 fully saturated rings. The number of hydrogen-bond acceptors (Lipinski definition) is 2. The summed E-state index contributed by atoms with van der Waals surface area (Å²) in [7, 11) is 0. The number of anilines is 1. The van der Waals surface area contributed by atoms with E-state index >= 15 is 0 Å². The number of rotatable bonds is 4. The second-order valence-electron chi connectivity index (χ2n) is 5.94. The molecule has 0 aliphatic rings. The standard InChI is InChI=1S/C22H17NO2/c24-22(14-16-6-2-1-3-7-16)23-19-12-10-17(11-13-19)21-15-18-8-4-5-9-20(18)25-21/h1-13,15H,14H2,(H,23,24). The van der Waals surface area contributed by atoms with E-state index in [1.165, 1.54) is 0 Å². The van der Waals surface area contributed by atoms with Crippen LogP contribution in [-0.2, 0) is 11.2 Å². The molecule has 0 radical (unpaired) electrons. The van der Waals surface area contributed by atoms with Crippen LogP contribution < -0.4 is 5.32 Å². The van der Waals surface area contributed by atoms with Gasteiger partial charge in [0.1, 0.15) is 11.3 Å². The molecule has 3 aromatic carbocycles. The Labute approximate surface area is 145 Å². The lowest BCUT2D eigenvalue weighted by Gasteiger charge is -2.06. The summed E-state index contributed by atoms with van der Waals surface area (Å²) in [6.07, 6.45) is 0.367. The molecule has 1 N–H and O–H groups in total. The van der Waals surface area contributed by atoms with Crippen LogP contribution in [0.3, 0.4) is 0 Å². The van der Waals surface area contributed by atoms with Gasteiger partial charge >= 0.3 is 0 Å². The predicted molar refractivity (Wildman–Crippen MR) is 100 cm³/mol. The van der Waals surface area contributed by atoms with E-state index in [9.17, 15) is 4.79 Å². The van der Waals surface area contributed by atoms with Crippen LogP contribution >= 0.6 is 0 Å². The molecule has 0 saturated heterocycles. The van der Waals surface area contributed by atoms with E-state index < -0.39 is 0 Å². The SMILES string of the molecule is O=C(Cc1ccccc1)Nc1ccc(-c2cc3ccccc3o2)cc1. The summed E-state index contributed by atoms with van der Waals surface area (Å²) in [5.74, 6) is 0.797. The van der Waals surface area contributed by atoms with Crippen molar-refractivity contribution < 1.29 is 9.21 Å². The normalized spacial score (nSPS) is 10.7. The fourth-order valence-corrected chi connectivity index (χ4v) is 2.83. The first-order valence-electron chi connectivity index (χ1n) is 8.21. The lowest BCUT2D eigenvalue weighted by Crippen LogP contribution is -2.14. The van der Waals surface area contributed by atoms with Crippen LogP contribution in [0.15, 0.2) is 89.3 Å². The van der Waals surface area contributed by atoms with E-state index in [1.807, 2.05) is 84.9 Å². The van der Waals surface area contributed by atoms with Gasteiger partial charge < -0.3 is 9.73 Å². The fourth-order valence-electron chi connectivity index (χ4n) is 2.83. The first kappa shape index (κ1) is 15.2. The summed E-state index contributed by atoms with van der Waals surface area (Å²) < 4.78 is 5.87. The molecule has 0 bridgehead atoms. The van der Waals surface area contributed by atoms with Gasteiger partial charge in [-0.2, -0.15) is 0 Å². The minimum atomic E-state index is -0.0253. The molecule has 1 aromatic heterocycles. The molecule has 0 aliphatic heterocycles. The van der Waals surface area contributed by atoms with E-state index in [-0.39, 0.29) is 5.91 Å². The lowest BCUT2D eigenvalue weighted by atomic mass is 10.1. The van der Waals surface area contributed by atoms with Gasteiger partial charge in [-0.15, -0.1) is 0 Å². The Morgan fingerprint density at radius 1 is 0.840 bits per heavy atom. The minimum absolute atomic E-state index is 0.0253. The largest absolute Gasteiger partial charge is 0.456 e. The van der Waals surface area contributed by atoms with Crippen LogP contribution in [0.1, 0.15) is 5.56 Å². The van der Waals surface area contributed by atoms with E-state index in [1.54, 1.807) is 0 Å². The third kappa shape index (κ3) is 3.45. The third-order valence-electron chi connectivity index (χ3n) is 4.09. The minimum Gasteiger partial charge on any atom is -0.456 e. The van der Waals surface area contributed by atoms with Gasteiger partial charge in [0, 0.05) is 16.6 Å². The van der Waals surface area contributed by atoms with Crippen LogP contribution in [0.2, 0.25) is 0 Å². The maximum Gasteiger partial charge on any atom is 0.228 e. The highest BCUT2D eigenvalue weighted by Crippen LogP contribution is 2.28. The van der Waals surface area contributed by atoms with Gasteiger partial charge in [0.2, 0.25) is 5.91 Å². The second-order valence-corrected chi connectivity index (χ2v) is 5.94. The summed E-state index contributed by atoms with van der Waals surface area (Å²) in [5.41, 5.74) is 3.63. The number of nitrogens with one attached hydrogen (secondary N) is 1. The Morgan fingerprint density at radius 3 is 2.32 bits per heavy atom. The quantitative estimate of drug-likeness (QED) is 0.554. The number of carbonyl (C=O) groups is 1. The van der Waals surface area contributed by atoms with Crippen LogP contribution in [0, 0.1) is 0 Å². The molecule has 0 spiro atoms. The summed E-state index contributed by atoms with van der Waals surface area (Å²) in [6, 6.07) is 27.4. The van der Waals surface area contributed by atoms with Gasteiger partial charge in [0.15, 0.2) is 0 Å². The molecule has 1 heterocycles. The number of fused-ring (bicyclic) bond motifs is 1. The van der Waals surface area contributed by atoms with Crippen LogP contribution in [0.5, 0.6) is 0 Å². The molecule has 0 aliphatic carbocycles. The number of para-hydroxylation sites is 1. The molecule has 122 valence electrons. The van der Waals surface area contributed by atoms with Crippen molar-refractivity contribution in [2.75, 3.05) is 5.32 Å². The third-order valence-corrected chi connectivity index (χ3v) is 4.09. The van der Waals surface area contributed by atoms with Crippen molar-refractivity contribution in [2.45, 2.75) is 6.42 Å². The summed E-state index contributed by atoms with van der Waals surface area (Å²) in [6.45, 7) is 0. The van der Waals surface area contributed by atoms with Crippen molar-refractivity contribution in [3.8, 4) is 11.3 Å². The maximum atomic E-state index is 12.1. The van der Waals surface area contributed by atoms with Crippen LogP contribution in [0.4, 0.5) is 5.69 Å². The van der Waals surface area contributed by atoms with Crippen LogP contribution in [0.25, 0.3) is 22.3 Å². The fraction of sp³-hybridized carbons (Fsp3) is 0.0455. The van der Waals surface area contributed by atoms with E-state index in [4.69, 9.17) is 4.42 Å². The molecule has 0 unspecified atom stereocenters. The molecule has 25 heavy (non-hydrogen) atoms. The van der Waals surface area contributed by atoms with Crippen molar-refractivity contribution in [3.05, 3.63) is 90.5 Å². The predicted octanol–water partition coefficient (Wildman–Crippen LogP) is 5.28. The number of hydrogen-bond donors (Lipinski definition) is 1. The van der Waals surface area contributed by atoms with Crippen molar-refractivity contribution in [3.63, 3.8) is 0 Å². The van der Waals surface area contributed by atoms with Crippen LogP contribution in [-0.4, -0.2) is 5.91 Å². The Balaban J connectivity index is 1.47. The zero-order valence-electron chi connectivity index (χ0n) is 13.6. The van der Waals surface area contributed by atoms with Gasteiger partial charge in [-0.25, -0.2) is 0 Å². The van der Waals surface area contributed by atoms with Crippen molar-refractivity contribution in [1.82, 2.24) is 0 Å². The van der Waals surface area contributed by atoms with Crippen molar-refractivity contribution >= 4 is 22.6 Å². The Kier molecular flexibility index (Phi) is 4.05. The smallest absolute Gasteiger partial charge is 0.228 e. The molecule has 0 saturated carbocycles. The molecule has 4 aromatic rings. The Bertz CT molecular complexity index is 968. The van der Waals surface area contributed by atoms with Crippen molar-refractivity contribution in [2.24, 2.45) is 0 Å². The molecule has 4 rings (SSSR count). The van der Waals surface area contributed by atoms with Gasteiger partial charge in [-0.1, -0.05) is 48.5 Å². The zero-order valence-corrected chi connectivity index (χ0v) is 13.6. The van der Waals surface area contributed by atoms with E-state index in [0.29, 0.717) is 6.42 Å². The first-order chi connectivity index (χ1) is 12.3. The average molecular weight is 327 g/mol.